The van der Waals surface area contributed by atoms with Crippen molar-refractivity contribution in [3.8, 4) is 0 Å². The molecule has 5 nitrogen and oxygen atoms in total. The molecule has 1 heterocycles. The van der Waals surface area contributed by atoms with Gasteiger partial charge in [-0.1, -0.05) is 36.4 Å². The van der Waals surface area contributed by atoms with Crippen LogP contribution in [0, 0.1) is 0 Å². The van der Waals surface area contributed by atoms with Crippen LogP contribution in [0.3, 0.4) is 0 Å². The number of hydrogen-bond acceptors (Lipinski definition) is 4. The first kappa shape index (κ1) is 16.1. The minimum absolute atomic E-state index is 0.0649. The van der Waals surface area contributed by atoms with E-state index < -0.39 is 18.1 Å². The van der Waals surface area contributed by atoms with Gasteiger partial charge in [0.2, 0.25) is 0 Å². The minimum Gasteiger partial charge on any atom is -0.467 e. The van der Waals surface area contributed by atoms with Crippen molar-refractivity contribution in [2.24, 2.45) is 0 Å². The summed E-state index contributed by atoms with van der Waals surface area (Å²) < 4.78 is 10.1. The molecule has 1 aliphatic rings. The van der Waals surface area contributed by atoms with Crippen molar-refractivity contribution >= 4 is 12.1 Å². The number of hydrogen-bond donors (Lipinski definition) is 0. The third-order valence-corrected chi connectivity index (χ3v) is 3.83. The number of likely N-dealkylation sites (tertiary alicyclic amines) is 1. The average Bonchev–Trinajstić information content (AvgIpc) is 2.97. The molecular formula is C17H21NO4. The van der Waals surface area contributed by atoms with Crippen molar-refractivity contribution in [3.63, 3.8) is 0 Å². The first-order valence-corrected chi connectivity index (χ1v) is 7.35. The van der Waals surface area contributed by atoms with Gasteiger partial charge >= 0.3 is 12.1 Å². The molecule has 1 aromatic rings. The van der Waals surface area contributed by atoms with Crippen molar-refractivity contribution < 1.29 is 19.1 Å². The molecule has 1 aromatic carbocycles. The smallest absolute Gasteiger partial charge is 0.411 e. The molecule has 0 unspecified atom stereocenters. The van der Waals surface area contributed by atoms with Gasteiger partial charge in [0.05, 0.1) is 7.11 Å². The Labute approximate surface area is 130 Å². The SMILES string of the molecule is C=CC[C@H]1CC[C@@H](C(=O)OC)N1C(=O)OCc1ccccc1. The summed E-state index contributed by atoms with van der Waals surface area (Å²) in [5, 5.41) is 0. The van der Waals surface area contributed by atoms with E-state index in [-0.39, 0.29) is 12.6 Å². The highest BCUT2D eigenvalue weighted by molar-refractivity contribution is 5.82. The molecule has 1 saturated heterocycles. The zero-order valence-corrected chi connectivity index (χ0v) is 12.7. The fourth-order valence-corrected chi connectivity index (χ4v) is 2.74. The minimum atomic E-state index is -0.571. The highest BCUT2D eigenvalue weighted by Crippen LogP contribution is 2.28. The molecule has 118 valence electrons. The Bertz CT molecular complexity index is 529. The number of benzene rings is 1. The van der Waals surface area contributed by atoms with Crippen LogP contribution in [0.2, 0.25) is 0 Å². The molecule has 1 fully saturated rings. The van der Waals surface area contributed by atoms with Gasteiger partial charge in [0.1, 0.15) is 12.6 Å². The molecule has 1 amide bonds. The van der Waals surface area contributed by atoms with Gasteiger partial charge < -0.3 is 9.47 Å². The normalized spacial score (nSPS) is 20.5. The largest absolute Gasteiger partial charge is 0.467 e. The number of carbonyl (C=O) groups is 2. The first-order valence-electron chi connectivity index (χ1n) is 7.35. The van der Waals surface area contributed by atoms with Gasteiger partial charge in [-0.25, -0.2) is 9.59 Å². The number of ether oxygens (including phenoxy) is 2. The zero-order valence-electron chi connectivity index (χ0n) is 12.7. The molecular weight excluding hydrogens is 282 g/mol. The second-order valence-electron chi connectivity index (χ2n) is 5.24. The Balaban J connectivity index is 2.04. The van der Waals surface area contributed by atoms with E-state index in [0.717, 1.165) is 12.0 Å². The van der Waals surface area contributed by atoms with Gasteiger partial charge in [-0.2, -0.15) is 0 Å². The van der Waals surface area contributed by atoms with Crippen LogP contribution in [0.15, 0.2) is 43.0 Å². The maximum absolute atomic E-state index is 12.4. The summed E-state index contributed by atoms with van der Waals surface area (Å²) in [6.45, 7) is 3.89. The van der Waals surface area contributed by atoms with Crippen LogP contribution in [0.5, 0.6) is 0 Å². The van der Waals surface area contributed by atoms with Crippen molar-refractivity contribution in [2.75, 3.05) is 7.11 Å². The van der Waals surface area contributed by atoms with Crippen LogP contribution in [0.4, 0.5) is 4.79 Å². The summed E-state index contributed by atoms with van der Waals surface area (Å²) in [7, 11) is 1.33. The van der Waals surface area contributed by atoms with E-state index in [2.05, 4.69) is 6.58 Å². The van der Waals surface area contributed by atoms with E-state index in [4.69, 9.17) is 9.47 Å². The lowest BCUT2D eigenvalue weighted by molar-refractivity contribution is -0.145. The van der Waals surface area contributed by atoms with Crippen LogP contribution in [-0.2, 0) is 20.9 Å². The Morgan fingerprint density at radius 2 is 2.05 bits per heavy atom. The highest BCUT2D eigenvalue weighted by Gasteiger charge is 2.41. The van der Waals surface area contributed by atoms with Crippen LogP contribution >= 0.6 is 0 Å². The van der Waals surface area contributed by atoms with Crippen molar-refractivity contribution in [1.29, 1.82) is 0 Å². The highest BCUT2D eigenvalue weighted by atomic mass is 16.6. The number of esters is 1. The Morgan fingerprint density at radius 1 is 1.32 bits per heavy atom. The third kappa shape index (κ3) is 3.67. The van der Waals surface area contributed by atoms with Crippen LogP contribution in [-0.4, -0.2) is 36.2 Å². The predicted molar refractivity (Wildman–Crippen MR) is 82.1 cm³/mol. The Hall–Kier alpha value is -2.30. The van der Waals surface area contributed by atoms with E-state index in [1.165, 1.54) is 12.0 Å². The molecule has 0 aliphatic carbocycles. The fraction of sp³-hybridized carbons (Fsp3) is 0.412. The van der Waals surface area contributed by atoms with Gasteiger partial charge in [0.25, 0.3) is 0 Å². The van der Waals surface area contributed by atoms with Crippen LogP contribution < -0.4 is 0 Å². The molecule has 0 saturated carbocycles. The summed E-state index contributed by atoms with van der Waals surface area (Å²) in [4.78, 5) is 25.7. The fourth-order valence-electron chi connectivity index (χ4n) is 2.74. The molecule has 1 aliphatic heterocycles. The van der Waals surface area contributed by atoms with E-state index in [9.17, 15) is 9.59 Å². The quantitative estimate of drug-likeness (QED) is 0.620. The molecule has 2 atom stereocenters. The zero-order chi connectivity index (χ0) is 15.9. The summed E-state index contributed by atoms with van der Waals surface area (Å²) in [5.74, 6) is -0.400. The first-order chi connectivity index (χ1) is 10.7. The third-order valence-electron chi connectivity index (χ3n) is 3.83. The summed E-state index contributed by atoms with van der Waals surface area (Å²) in [6, 6.07) is 8.81. The summed E-state index contributed by atoms with van der Waals surface area (Å²) in [5.41, 5.74) is 0.907. The lowest BCUT2D eigenvalue weighted by atomic mass is 10.1. The molecule has 0 radical (unpaired) electrons. The average molecular weight is 303 g/mol. The van der Waals surface area contributed by atoms with E-state index in [1.807, 2.05) is 30.3 Å². The summed E-state index contributed by atoms with van der Waals surface area (Å²) in [6.07, 6.45) is 3.23. The number of rotatable bonds is 5. The van der Waals surface area contributed by atoms with E-state index >= 15 is 0 Å². The van der Waals surface area contributed by atoms with Crippen molar-refractivity contribution in [2.45, 2.75) is 38.0 Å². The molecule has 0 bridgehead atoms. The van der Waals surface area contributed by atoms with Gasteiger partial charge in [-0.05, 0) is 24.8 Å². The maximum atomic E-state index is 12.4. The van der Waals surface area contributed by atoms with Crippen LogP contribution in [0.1, 0.15) is 24.8 Å². The molecule has 2 rings (SSSR count). The maximum Gasteiger partial charge on any atom is 0.411 e. The Morgan fingerprint density at radius 3 is 2.68 bits per heavy atom. The Kier molecular flexibility index (Phi) is 5.58. The number of nitrogens with zero attached hydrogens (tertiary/aromatic N) is 1. The number of carbonyl (C=O) groups excluding carboxylic acids is 2. The second kappa shape index (κ2) is 7.64. The molecule has 0 aromatic heterocycles. The van der Waals surface area contributed by atoms with Gasteiger partial charge in [-0.15, -0.1) is 6.58 Å². The lowest BCUT2D eigenvalue weighted by Crippen LogP contribution is -2.45. The van der Waals surface area contributed by atoms with Crippen molar-refractivity contribution in [1.82, 2.24) is 4.90 Å². The lowest BCUT2D eigenvalue weighted by Gasteiger charge is -2.27. The molecule has 22 heavy (non-hydrogen) atoms. The summed E-state index contributed by atoms with van der Waals surface area (Å²) >= 11 is 0. The van der Waals surface area contributed by atoms with E-state index in [0.29, 0.717) is 12.8 Å². The monoisotopic (exact) mass is 303 g/mol. The van der Waals surface area contributed by atoms with Crippen molar-refractivity contribution in [3.05, 3.63) is 48.6 Å². The number of methoxy groups -OCH3 is 1. The van der Waals surface area contributed by atoms with Gasteiger partial charge in [-0.3, -0.25) is 4.90 Å². The predicted octanol–water partition coefficient (Wildman–Crippen LogP) is 2.91. The molecule has 0 N–H and O–H groups in total. The van der Waals surface area contributed by atoms with E-state index in [1.54, 1.807) is 6.08 Å². The van der Waals surface area contributed by atoms with Gasteiger partial charge in [0.15, 0.2) is 0 Å². The topological polar surface area (TPSA) is 55.8 Å². The number of amides is 1. The van der Waals surface area contributed by atoms with Crippen LogP contribution in [0.25, 0.3) is 0 Å². The second-order valence-corrected chi connectivity index (χ2v) is 5.24. The standard InChI is InChI=1S/C17H21NO4/c1-3-7-14-10-11-15(16(19)21-2)18(14)17(20)22-12-13-8-5-4-6-9-13/h3-6,8-9,14-15H,1,7,10-12H2,2H3/t14-,15-/m0/s1. The molecule has 0 spiro atoms. The van der Waals surface area contributed by atoms with Gasteiger partial charge in [0, 0.05) is 6.04 Å². The molecule has 5 heteroatoms.